The van der Waals surface area contributed by atoms with Crippen LogP contribution in [-0.4, -0.2) is 40.8 Å². The number of nitrogens with one attached hydrogen (secondary N) is 2. The van der Waals surface area contributed by atoms with Gasteiger partial charge in [-0.3, -0.25) is 4.79 Å². The standard InChI is InChI=1S/C23H30N2O5/c1-23(2,3)30-22(29)25-18(14-16-10-6-4-7-11-16)20(26)24-19(21(27)28)15-17-12-8-5-9-13-17/h4,6-8,10-13,18-19H,5,9,14-15H2,1-3H3,(H,24,26)(H,25,29)(H,27,28)/t18-,19-/m0/s1. The molecule has 0 heterocycles. The van der Waals surface area contributed by atoms with Crippen LogP contribution < -0.4 is 10.6 Å². The molecule has 0 saturated heterocycles. The predicted molar refractivity (Wildman–Crippen MR) is 114 cm³/mol. The molecule has 162 valence electrons. The minimum Gasteiger partial charge on any atom is -0.480 e. The number of carbonyl (C=O) groups is 3. The molecule has 2 atom stereocenters. The molecule has 0 aromatic heterocycles. The number of hydrogen-bond donors (Lipinski definition) is 3. The summed E-state index contributed by atoms with van der Waals surface area (Å²) in [5.41, 5.74) is 0.980. The first-order chi connectivity index (χ1) is 14.1. The van der Waals surface area contributed by atoms with Gasteiger partial charge in [0, 0.05) is 12.8 Å². The second kappa shape index (κ2) is 10.6. The molecule has 0 unspecified atom stereocenters. The zero-order chi connectivity index (χ0) is 22.1. The van der Waals surface area contributed by atoms with Gasteiger partial charge in [-0.25, -0.2) is 9.59 Å². The van der Waals surface area contributed by atoms with Gasteiger partial charge < -0.3 is 20.5 Å². The van der Waals surface area contributed by atoms with Crippen LogP contribution in [0.1, 0.15) is 45.6 Å². The maximum atomic E-state index is 12.9. The van der Waals surface area contributed by atoms with Crippen LogP contribution in [0.5, 0.6) is 0 Å². The summed E-state index contributed by atoms with van der Waals surface area (Å²) in [6.07, 6.45) is 7.27. The molecule has 1 aromatic rings. The Balaban J connectivity index is 2.12. The summed E-state index contributed by atoms with van der Waals surface area (Å²) in [6.45, 7) is 5.18. The van der Waals surface area contributed by atoms with Gasteiger partial charge in [0.1, 0.15) is 17.7 Å². The molecule has 3 N–H and O–H groups in total. The first-order valence-electron chi connectivity index (χ1n) is 10.1. The van der Waals surface area contributed by atoms with Crippen molar-refractivity contribution in [1.82, 2.24) is 10.6 Å². The van der Waals surface area contributed by atoms with Crippen LogP contribution in [0.3, 0.4) is 0 Å². The third kappa shape index (κ3) is 8.11. The minimum absolute atomic E-state index is 0.183. The van der Waals surface area contributed by atoms with Gasteiger partial charge in [-0.2, -0.15) is 0 Å². The maximum absolute atomic E-state index is 12.9. The quantitative estimate of drug-likeness (QED) is 0.605. The minimum atomic E-state index is -1.13. The van der Waals surface area contributed by atoms with Gasteiger partial charge in [0.2, 0.25) is 5.91 Å². The van der Waals surface area contributed by atoms with Crippen molar-refractivity contribution >= 4 is 18.0 Å². The molecule has 7 heteroatoms. The van der Waals surface area contributed by atoms with Gasteiger partial charge in [0.25, 0.3) is 0 Å². The Morgan fingerprint density at radius 3 is 2.30 bits per heavy atom. The maximum Gasteiger partial charge on any atom is 0.408 e. The Morgan fingerprint density at radius 1 is 1.03 bits per heavy atom. The van der Waals surface area contributed by atoms with Crippen LogP contribution in [0.4, 0.5) is 4.79 Å². The van der Waals surface area contributed by atoms with E-state index < -0.39 is 35.7 Å². The summed E-state index contributed by atoms with van der Waals surface area (Å²) < 4.78 is 5.27. The Morgan fingerprint density at radius 2 is 1.73 bits per heavy atom. The number of benzene rings is 1. The number of carboxylic acids is 1. The smallest absolute Gasteiger partial charge is 0.408 e. The van der Waals surface area contributed by atoms with Crippen molar-refractivity contribution in [2.75, 3.05) is 0 Å². The lowest BCUT2D eigenvalue weighted by Gasteiger charge is -2.25. The van der Waals surface area contributed by atoms with Crippen molar-refractivity contribution in [2.45, 2.75) is 64.1 Å². The third-order valence-corrected chi connectivity index (χ3v) is 4.42. The first-order valence-corrected chi connectivity index (χ1v) is 10.1. The monoisotopic (exact) mass is 414 g/mol. The van der Waals surface area contributed by atoms with Crippen molar-refractivity contribution in [3.8, 4) is 0 Å². The highest BCUT2D eigenvalue weighted by molar-refractivity contribution is 5.89. The summed E-state index contributed by atoms with van der Waals surface area (Å²) in [5.74, 6) is -1.70. The van der Waals surface area contributed by atoms with Crippen LogP contribution in [0.2, 0.25) is 0 Å². The molecule has 1 aromatic carbocycles. The summed E-state index contributed by atoms with van der Waals surface area (Å²) in [7, 11) is 0. The molecule has 7 nitrogen and oxygen atoms in total. The molecule has 0 bridgehead atoms. The lowest BCUT2D eigenvalue weighted by atomic mass is 9.99. The summed E-state index contributed by atoms with van der Waals surface area (Å²) in [4.78, 5) is 36.9. The molecule has 1 aliphatic carbocycles. The zero-order valence-electron chi connectivity index (χ0n) is 17.7. The van der Waals surface area contributed by atoms with Crippen LogP contribution in [0.15, 0.2) is 54.1 Å². The summed E-state index contributed by atoms with van der Waals surface area (Å²) in [6, 6.07) is 7.13. The number of amides is 2. The van der Waals surface area contributed by atoms with E-state index in [9.17, 15) is 19.5 Å². The van der Waals surface area contributed by atoms with E-state index in [-0.39, 0.29) is 12.8 Å². The number of carbonyl (C=O) groups excluding carboxylic acids is 2. The number of carboxylic acid groups (broad SMARTS) is 1. The number of rotatable bonds is 8. The van der Waals surface area contributed by atoms with Crippen LogP contribution in [0.25, 0.3) is 0 Å². The fraction of sp³-hybridized carbons (Fsp3) is 0.435. The van der Waals surface area contributed by atoms with Crippen molar-refractivity contribution in [1.29, 1.82) is 0 Å². The van der Waals surface area contributed by atoms with Crippen molar-refractivity contribution in [3.05, 3.63) is 59.7 Å². The molecule has 0 fully saturated rings. The van der Waals surface area contributed by atoms with E-state index in [4.69, 9.17) is 4.74 Å². The molecule has 0 aliphatic heterocycles. The van der Waals surface area contributed by atoms with E-state index in [0.29, 0.717) is 0 Å². The largest absolute Gasteiger partial charge is 0.480 e. The highest BCUT2D eigenvalue weighted by Crippen LogP contribution is 2.16. The molecular weight excluding hydrogens is 384 g/mol. The Labute approximate surface area is 177 Å². The number of aliphatic carboxylic acids is 1. The molecule has 2 amide bonds. The second-order valence-electron chi connectivity index (χ2n) is 8.25. The van der Waals surface area contributed by atoms with Gasteiger partial charge in [-0.1, -0.05) is 48.6 Å². The van der Waals surface area contributed by atoms with Gasteiger partial charge in [0.05, 0.1) is 0 Å². The zero-order valence-corrected chi connectivity index (χ0v) is 17.7. The molecule has 1 aliphatic rings. The fourth-order valence-corrected chi connectivity index (χ4v) is 3.04. The second-order valence-corrected chi connectivity index (χ2v) is 8.25. The van der Waals surface area contributed by atoms with Crippen molar-refractivity contribution < 1.29 is 24.2 Å². The third-order valence-electron chi connectivity index (χ3n) is 4.42. The van der Waals surface area contributed by atoms with E-state index in [1.54, 1.807) is 20.8 Å². The Bertz CT molecular complexity index is 809. The summed E-state index contributed by atoms with van der Waals surface area (Å²) in [5, 5.41) is 14.7. The number of ether oxygens (including phenoxy) is 1. The summed E-state index contributed by atoms with van der Waals surface area (Å²) >= 11 is 0. The van der Waals surface area contributed by atoms with E-state index in [2.05, 4.69) is 10.6 Å². The molecule has 0 saturated carbocycles. The van der Waals surface area contributed by atoms with Gasteiger partial charge >= 0.3 is 12.1 Å². The van der Waals surface area contributed by atoms with Gasteiger partial charge in [-0.05, 0) is 44.7 Å². The Hall–Kier alpha value is -3.09. The van der Waals surface area contributed by atoms with E-state index in [0.717, 1.165) is 24.0 Å². The molecule has 2 rings (SSSR count). The van der Waals surface area contributed by atoms with E-state index >= 15 is 0 Å². The van der Waals surface area contributed by atoms with Crippen LogP contribution in [0, 0.1) is 0 Å². The number of allylic oxidation sites excluding steroid dienone is 3. The molecule has 30 heavy (non-hydrogen) atoms. The van der Waals surface area contributed by atoms with Crippen LogP contribution >= 0.6 is 0 Å². The first kappa shape index (κ1) is 23.2. The molecule has 0 spiro atoms. The topological polar surface area (TPSA) is 105 Å². The van der Waals surface area contributed by atoms with Gasteiger partial charge in [0.15, 0.2) is 0 Å². The van der Waals surface area contributed by atoms with Gasteiger partial charge in [-0.15, -0.1) is 0 Å². The normalized spacial score (nSPS) is 15.5. The predicted octanol–water partition coefficient (Wildman–Crippen LogP) is 3.36. The fourth-order valence-electron chi connectivity index (χ4n) is 3.04. The van der Waals surface area contributed by atoms with E-state index in [1.165, 1.54) is 0 Å². The number of hydrogen-bond acceptors (Lipinski definition) is 4. The average molecular weight is 415 g/mol. The molecule has 0 radical (unpaired) electrons. The lowest BCUT2D eigenvalue weighted by molar-refractivity contribution is -0.142. The number of alkyl carbamates (subject to hydrolysis) is 1. The van der Waals surface area contributed by atoms with Crippen molar-refractivity contribution in [3.63, 3.8) is 0 Å². The van der Waals surface area contributed by atoms with Crippen LogP contribution in [-0.2, 0) is 20.7 Å². The SMILES string of the molecule is CC(C)(C)OC(=O)N[C@@H](Cc1ccccc1)C(=O)N[C@@H](CC1=CCCC=C1)C(=O)O. The van der Waals surface area contributed by atoms with E-state index in [1.807, 2.05) is 48.6 Å². The lowest BCUT2D eigenvalue weighted by Crippen LogP contribution is -2.53. The average Bonchev–Trinajstić information content (AvgIpc) is 2.67. The highest BCUT2D eigenvalue weighted by atomic mass is 16.6. The molecular formula is C23H30N2O5. The Kier molecular flexibility index (Phi) is 8.21. The highest BCUT2D eigenvalue weighted by Gasteiger charge is 2.28. The van der Waals surface area contributed by atoms with Crippen molar-refractivity contribution in [2.24, 2.45) is 0 Å².